The number of amides is 1. The molecule has 0 aliphatic carbocycles. The molecule has 70 valence electrons. The molecule has 0 spiro atoms. The molecule has 0 saturated heterocycles. The highest BCUT2D eigenvalue weighted by atomic mass is 16.2. The molecule has 0 saturated carbocycles. The topological polar surface area (TPSA) is 32.3 Å². The summed E-state index contributed by atoms with van der Waals surface area (Å²) in [4.78, 5) is 12.9. The van der Waals surface area contributed by atoms with Gasteiger partial charge in [0.15, 0.2) is 0 Å². The van der Waals surface area contributed by atoms with Crippen LogP contribution in [0, 0.1) is 0 Å². The minimum atomic E-state index is 0.111. The van der Waals surface area contributed by atoms with E-state index in [1.54, 1.807) is 11.9 Å². The second kappa shape index (κ2) is 5.77. The lowest BCUT2D eigenvalue weighted by molar-refractivity contribution is -0.128. The molecule has 0 fully saturated rings. The summed E-state index contributed by atoms with van der Waals surface area (Å²) in [5, 5.41) is 2.98. The van der Waals surface area contributed by atoms with Crippen molar-refractivity contribution in [1.82, 2.24) is 10.2 Å². The fourth-order valence-electron chi connectivity index (χ4n) is 0.860. The molecule has 3 heteroatoms. The van der Waals surface area contributed by atoms with E-state index in [-0.39, 0.29) is 5.91 Å². The van der Waals surface area contributed by atoms with Gasteiger partial charge in [0, 0.05) is 13.6 Å². The number of carbonyl (C=O) groups is 1. The summed E-state index contributed by atoms with van der Waals surface area (Å²) in [6.45, 7) is 9.52. The van der Waals surface area contributed by atoms with Crippen LogP contribution in [0.4, 0.5) is 0 Å². The molecule has 0 aliphatic heterocycles. The highest BCUT2D eigenvalue weighted by molar-refractivity contribution is 5.78. The molecule has 12 heavy (non-hydrogen) atoms. The van der Waals surface area contributed by atoms with E-state index >= 15 is 0 Å². The van der Waals surface area contributed by atoms with Crippen molar-refractivity contribution in [3.05, 3.63) is 12.2 Å². The minimum absolute atomic E-state index is 0.111. The summed E-state index contributed by atoms with van der Waals surface area (Å²) in [6.07, 6.45) is 0. The van der Waals surface area contributed by atoms with Crippen LogP contribution in [0.25, 0.3) is 0 Å². The number of nitrogens with one attached hydrogen (secondary N) is 1. The van der Waals surface area contributed by atoms with Crippen LogP contribution >= 0.6 is 0 Å². The number of likely N-dealkylation sites (N-methyl/N-ethyl adjacent to an activating group) is 2. The fourth-order valence-corrected chi connectivity index (χ4v) is 0.860. The Morgan fingerprint density at radius 1 is 1.58 bits per heavy atom. The van der Waals surface area contributed by atoms with E-state index in [0.29, 0.717) is 13.1 Å². The summed E-state index contributed by atoms with van der Waals surface area (Å²) in [5.74, 6) is 0.111. The zero-order valence-electron chi connectivity index (χ0n) is 8.18. The maximum absolute atomic E-state index is 11.3. The minimum Gasteiger partial charge on any atom is -0.341 e. The van der Waals surface area contributed by atoms with Gasteiger partial charge >= 0.3 is 0 Å². The van der Waals surface area contributed by atoms with Crippen LogP contribution in [0.3, 0.4) is 0 Å². The van der Waals surface area contributed by atoms with Gasteiger partial charge in [-0.2, -0.15) is 0 Å². The molecule has 0 atom stereocenters. The number of nitrogens with zero attached hydrogens (tertiary/aromatic N) is 1. The predicted octanol–water partition coefficient (Wildman–Crippen LogP) is 0.630. The second-order valence-electron chi connectivity index (χ2n) is 2.99. The second-order valence-corrected chi connectivity index (χ2v) is 2.99. The fraction of sp³-hybridized carbons (Fsp3) is 0.667. The smallest absolute Gasteiger partial charge is 0.236 e. The normalized spacial score (nSPS) is 9.58. The van der Waals surface area contributed by atoms with Gasteiger partial charge in [0.2, 0.25) is 5.91 Å². The Hall–Kier alpha value is -0.830. The van der Waals surface area contributed by atoms with Crippen LogP contribution in [-0.4, -0.2) is 37.5 Å². The lowest BCUT2D eigenvalue weighted by Gasteiger charge is -2.16. The maximum Gasteiger partial charge on any atom is 0.236 e. The Morgan fingerprint density at radius 3 is 2.58 bits per heavy atom. The Kier molecular flexibility index (Phi) is 5.37. The van der Waals surface area contributed by atoms with Crippen molar-refractivity contribution in [2.24, 2.45) is 0 Å². The van der Waals surface area contributed by atoms with Crippen molar-refractivity contribution in [3.8, 4) is 0 Å². The van der Waals surface area contributed by atoms with Crippen molar-refractivity contribution in [1.29, 1.82) is 0 Å². The molecule has 1 N–H and O–H groups in total. The van der Waals surface area contributed by atoms with Gasteiger partial charge in [-0.25, -0.2) is 0 Å². The number of hydrogen-bond donors (Lipinski definition) is 1. The van der Waals surface area contributed by atoms with Gasteiger partial charge in [-0.05, 0) is 13.5 Å². The van der Waals surface area contributed by atoms with E-state index in [2.05, 4.69) is 11.9 Å². The average Bonchev–Trinajstić information content (AvgIpc) is 1.98. The van der Waals surface area contributed by atoms with Crippen LogP contribution < -0.4 is 5.32 Å². The van der Waals surface area contributed by atoms with E-state index < -0.39 is 0 Å². The third-order valence-corrected chi connectivity index (χ3v) is 1.46. The van der Waals surface area contributed by atoms with Crippen LogP contribution in [0.5, 0.6) is 0 Å². The lowest BCUT2D eigenvalue weighted by Crippen LogP contribution is -2.36. The summed E-state index contributed by atoms with van der Waals surface area (Å²) in [5.41, 5.74) is 1.00. The molecule has 0 heterocycles. The highest BCUT2D eigenvalue weighted by Crippen LogP contribution is 1.91. The number of rotatable bonds is 5. The summed E-state index contributed by atoms with van der Waals surface area (Å²) >= 11 is 0. The van der Waals surface area contributed by atoms with Gasteiger partial charge in [-0.1, -0.05) is 19.1 Å². The number of hydrogen-bond acceptors (Lipinski definition) is 2. The van der Waals surface area contributed by atoms with E-state index in [1.807, 2.05) is 13.8 Å². The van der Waals surface area contributed by atoms with Crippen LogP contribution in [0.1, 0.15) is 13.8 Å². The SMILES string of the molecule is C=C(C)CN(C)C(=O)CNCC. The lowest BCUT2D eigenvalue weighted by atomic mass is 10.3. The number of carbonyl (C=O) groups excluding carboxylic acids is 1. The van der Waals surface area contributed by atoms with Gasteiger partial charge in [0.25, 0.3) is 0 Å². The first-order valence-electron chi connectivity index (χ1n) is 4.17. The van der Waals surface area contributed by atoms with E-state index in [1.165, 1.54) is 0 Å². The van der Waals surface area contributed by atoms with Crippen LogP contribution in [0.15, 0.2) is 12.2 Å². The van der Waals surface area contributed by atoms with Gasteiger partial charge in [-0.3, -0.25) is 4.79 Å². The van der Waals surface area contributed by atoms with Gasteiger partial charge in [0.05, 0.1) is 6.54 Å². The zero-order chi connectivity index (χ0) is 9.56. The monoisotopic (exact) mass is 170 g/mol. The molecule has 0 bridgehead atoms. The maximum atomic E-state index is 11.3. The van der Waals surface area contributed by atoms with Crippen molar-refractivity contribution in [3.63, 3.8) is 0 Å². The van der Waals surface area contributed by atoms with E-state index in [0.717, 1.165) is 12.1 Å². The average molecular weight is 170 g/mol. The third-order valence-electron chi connectivity index (χ3n) is 1.46. The van der Waals surface area contributed by atoms with Crippen molar-refractivity contribution < 1.29 is 4.79 Å². The zero-order valence-corrected chi connectivity index (χ0v) is 8.18. The molecular weight excluding hydrogens is 152 g/mol. The Labute approximate surface area is 74.4 Å². The molecular formula is C9H18N2O. The Balaban J connectivity index is 3.69. The largest absolute Gasteiger partial charge is 0.341 e. The Morgan fingerprint density at radius 2 is 2.17 bits per heavy atom. The predicted molar refractivity (Wildman–Crippen MR) is 51.0 cm³/mol. The quantitative estimate of drug-likeness (QED) is 0.614. The van der Waals surface area contributed by atoms with Crippen LogP contribution in [-0.2, 0) is 4.79 Å². The molecule has 1 amide bonds. The molecule has 0 aliphatic rings. The first-order valence-corrected chi connectivity index (χ1v) is 4.17. The molecule has 0 aromatic heterocycles. The third kappa shape index (κ3) is 4.91. The van der Waals surface area contributed by atoms with Crippen molar-refractivity contribution in [2.45, 2.75) is 13.8 Å². The van der Waals surface area contributed by atoms with Gasteiger partial charge in [-0.15, -0.1) is 0 Å². The molecule has 0 rings (SSSR count). The van der Waals surface area contributed by atoms with Gasteiger partial charge in [0.1, 0.15) is 0 Å². The summed E-state index contributed by atoms with van der Waals surface area (Å²) in [7, 11) is 1.79. The molecule has 0 aromatic rings. The van der Waals surface area contributed by atoms with E-state index in [9.17, 15) is 4.79 Å². The summed E-state index contributed by atoms with van der Waals surface area (Å²) in [6, 6.07) is 0. The van der Waals surface area contributed by atoms with E-state index in [4.69, 9.17) is 0 Å². The summed E-state index contributed by atoms with van der Waals surface area (Å²) < 4.78 is 0. The molecule has 0 aromatic carbocycles. The molecule has 0 radical (unpaired) electrons. The van der Waals surface area contributed by atoms with Crippen LogP contribution in [0.2, 0.25) is 0 Å². The van der Waals surface area contributed by atoms with Gasteiger partial charge < -0.3 is 10.2 Å². The molecule has 3 nitrogen and oxygen atoms in total. The standard InChI is InChI=1S/C9H18N2O/c1-5-10-6-9(12)11(4)7-8(2)3/h10H,2,5-7H2,1,3-4H3. The van der Waals surface area contributed by atoms with Crippen molar-refractivity contribution in [2.75, 3.05) is 26.7 Å². The van der Waals surface area contributed by atoms with Crippen molar-refractivity contribution >= 4 is 5.91 Å². The first-order chi connectivity index (χ1) is 5.57. The Bertz CT molecular complexity index is 166. The highest BCUT2D eigenvalue weighted by Gasteiger charge is 2.06. The molecule has 0 unspecified atom stereocenters. The first kappa shape index (κ1) is 11.2.